The second-order valence-electron chi connectivity index (χ2n) is 4.08. The number of nitrogens with one attached hydrogen (secondary N) is 1. The molecular weight excluding hydrogens is 294 g/mol. The van der Waals surface area contributed by atoms with Crippen LogP contribution in [0.2, 0.25) is 0 Å². The van der Waals surface area contributed by atoms with E-state index in [0.717, 1.165) is 0 Å². The van der Waals surface area contributed by atoms with E-state index in [1.807, 2.05) is 12.1 Å². The zero-order valence-electron chi connectivity index (χ0n) is 10.3. The van der Waals surface area contributed by atoms with Crippen LogP contribution in [0, 0.1) is 6.92 Å². The molecule has 5 heteroatoms. The SMILES string of the molecule is Cc1ccccc1CNc1cnn(C)c(=O)c1Br. The van der Waals surface area contributed by atoms with Crippen LogP contribution in [0.3, 0.4) is 0 Å². The summed E-state index contributed by atoms with van der Waals surface area (Å²) < 4.78 is 1.80. The third kappa shape index (κ3) is 2.61. The Morgan fingerprint density at radius 2 is 2.11 bits per heavy atom. The van der Waals surface area contributed by atoms with Crippen molar-refractivity contribution in [3.05, 3.63) is 56.4 Å². The second-order valence-corrected chi connectivity index (χ2v) is 4.87. The standard InChI is InChI=1S/C13H14BrN3O/c1-9-5-3-4-6-10(9)7-15-11-8-16-17(2)13(18)12(11)14/h3-6,8,15H,7H2,1-2H3. The van der Waals surface area contributed by atoms with E-state index in [1.54, 1.807) is 13.2 Å². The van der Waals surface area contributed by atoms with Gasteiger partial charge in [0.05, 0.1) is 11.9 Å². The molecule has 0 aliphatic carbocycles. The minimum absolute atomic E-state index is 0.148. The maximum Gasteiger partial charge on any atom is 0.282 e. The molecule has 0 bridgehead atoms. The average Bonchev–Trinajstić information content (AvgIpc) is 2.37. The van der Waals surface area contributed by atoms with Gasteiger partial charge in [0, 0.05) is 13.6 Å². The average molecular weight is 308 g/mol. The third-order valence-electron chi connectivity index (χ3n) is 2.81. The van der Waals surface area contributed by atoms with Crippen LogP contribution >= 0.6 is 15.9 Å². The number of benzene rings is 1. The molecule has 0 spiro atoms. The van der Waals surface area contributed by atoms with Crippen LogP contribution in [0.1, 0.15) is 11.1 Å². The van der Waals surface area contributed by atoms with E-state index in [0.29, 0.717) is 16.7 Å². The fourth-order valence-electron chi connectivity index (χ4n) is 1.63. The van der Waals surface area contributed by atoms with Gasteiger partial charge in [-0.05, 0) is 34.0 Å². The molecule has 0 saturated carbocycles. The second kappa shape index (κ2) is 5.35. The maximum atomic E-state index is 11.7. The molecule has 2 aromatic rings. The zero-order valence-corrected chi connectivity index (χ0v) is 11.9. The molecule has 0 aliphatic rings. The summed E-state index contributed by atoms with van der Waals surface area (Å²) in [6.45, 7) is 2.73. The molecule has 0 aliphatic heterocycles. The van der Waals surface area contributed by atoms with Crippen LogP contribution in [0.25, 0.3) is 0 Å². The van der Waals surface area contributed by atoms with Crippen LogP contribution in [0.5, 0.6) is 0 Å². The Morgan fingerprint density at radius 3 is 2.83 bits per heavy atom. The van der Waals surface area contributed by atoms with E-state index in [4.69, 9.17) is 0 Å². The van der Waals surface area contributed by atoms with Gasteiger partial charge in [-0.15, -0.1) is 0 Å². The quantitative estimate of drug-likeness (QED) is 0.947. The molecule has 0 unspecified atom stereocenters. The molecule has 2 rings (SSSR count). The summed E-state index contributed by atoms with van der Waals surface area (Å²) in [5, 5.41) is 7.20. The molecule has 1 aromatic carbocycles. The molecular formula is C13H14BrN3O. The molecule has 4 nitrogen and oxygen atoms in total. The van der Waals surface area contributed by atoms with E-state index >= 15 is 0 Å². The maximum absolute atomic E-state index is 11.7. The van der Waals surface area contributed by atoms with Crippen LogP contribution in [-0.4, -0.2) is 9.78 Å². The normalized spacial score (nSPS) is 10.4. The van der Waals surface area contributed by atoms with Crippen molar-refractivity contribution in [2.45, 2.75) is 13.5 Å². The summed E-state index contributed by atoms with van der Waals surface area (Å²) in [5.41, 5.74) is 2.98. The Morgan fingerprint density at radius 1 is 1.39 bits per heavy atom. The van der Waals surface area contributed by atoms with Crippen LogP contribution in [0.4, 0.5) is 5.69 Å². The van der Waals surface area contributed by atoms with E-state index in [1.165, 1.54) is 15.8 Å². The number of halogens is 1. The minimum Gasteiger partial charge on any atom is -0.379 e. The lowest BCUT2D eigenvalue weighted by Gasteiger charge is -2.10. The number of nitrogens with zero attached hydrogens (tertiary/aromatic N) is 2. The first-order valence-corrected chi connectivity index (χ1v) is 6.39. The van der Waals surface area contributed by atoms with Crippen molar-refractivity contribution < 1.29 is 0 Å². The summed E-state index contributed by atoms with van der Waals surface area (Å²) in [4.78, 5) is 11.7. The first-order chi connectivity index (χ1) is 8.59. The highest BCUT2D eigenvalue weighted by Crippen LogP contribution is 2.17. The lowest BCUT2D eigenvalue weighted by molar-refractivity contribution is 0.703. The van der Waals surface area contributed by atoms with Gasteiger partial charge >= 0.3 is 0 Å². The number of aryl methyl sites for hydroxylation is 2. The molecule has 0 atom stereocenters. The van der Waals surface area contributed by atoms with Gasteiger partial charge in [-0.25, -0.2) is 4.68 Å². The van der Waals surface area contributed by atoms with Gasteiger partial charge in [0.1, 0.15) is 4.47 Å². The molecule has 1 aromatic heterocycles. The summed E-state index contributed by atoms with van der Waals surface area (Å²) in [5.74, 6) is 0. The summed E-state index contributed by atoms with van der Waals surface area (Å²) in [6, 6.07) is 8.13. The summed E-state index contributed by atoms with van der Waals surface area (Å²) in [7, 11) is 1.62. The monoisotopic (exact) mass is 307 g/mol. The molecule has 0 fully saturated rings. The fraction of sp³-hybridized carbons (Fsp3) is 0.231. The van der Waals surface area contributed by atoms with Crippen molar-refractivity contribution in [1.29, 1.82) is 0 Å². The molecule has 1 heterocycles. The lowest BCUT2D eigenvalue weighted by Crippen LogP contribution is -2.21. The van der Waals surface area contributed by atoms with Gasteiger partial charge in [0.15, 0.2) is 0 Å². The molecule has 18 heavy (non-hydrogen) atoms. The van der Waals surface area contributed by atoms with Gasteiger partial charge in [-0.2, -0.15) is 5.10 Å². The summed E-state index contributed by atoms with van der Waals surface area (Å²) >= 11 is 3.29. The van der Waals surface area contributed by atoms with E-state index in [9.17, 15) is 4.79 Å². The molecule has 0 saturated heterocycles. The zero-order chi connectivity index (χ0) is 13.1. The summed E-state index contributed by atoms with van der Waals surface area (Å²) in [6.07, 6.45) is 1.64. The Balaban J connectivity index is 2.19. The highest BCUT2D eigenvalue weighted by atomic mass is 79.9. The molecule has 0 amide bonds. The van der Waals surface area contributed by atoms with E-state index in [-0.39, 0.29) is 5.56 Å². The number of aromatic nitrogens is 2. The fourth-order valence-corrected chi connectivity index (χ4v) is 2.13. The van der Waals surface area contributed by atoms with Gasteiger partial charge in [-0.3, -0.25) is 4.79 Å². The predicted molar refractivity (Wildman–Crippen MR) is 75.7 cm³/mol. The van der Waals surface area contributed by atoms with E-state index in [2.05, 4.69) is 45.4 Å². The smallest absolute Gasteiger partial charge is 0.282 e. The van der Waals surface area contributed by atoms with Crippen molar-refractivity contribution in [2.24, 2.45) is 7.05 Å². The van der Waals surface area contributed by atoms with Gasteiger partial charge in [0.2, 0.25) is 0 Å². The predicted octanol–water partition coefficient (Wildman–Crippen LogP) is 2.46. The highest BCUT2D eigenvalue weighted by molar-refractivity contribution is 9.10. The number of anilines is 1. The minimum atomic E-state index is -0.148. The molecule has 0 radical (unpaired) electrons. The van der Waals surface area contributed by atoms with Crippen LogP contribution in [-0.2, 0) is 13.6 Å². The Labute approximate surface area is 114 Å². The van der Waals surface area contributed by atoms with Crippen LogP contribution in [0.15, 0.2) is 39.7 Å². The number of hydrogen-bond acceptors (Lipinski definition) is 3. The number of rotatable bonds is 3. The van der Waals surface area contributed by atoms with Crippen molar-refractivity contribution in [3.63, 3.8) is 0 Å². The largest absolute Gasteiger partial charge is 0.379 e. The Bertz CT molecular complexity index is 622. The Kier molecular flexibility index (Phi) is 3.81. The first-order valence-electron chi connectivity index (χ1n) is 5.60. The van der Waals surface area contributed by atoms with Gasteiger partial charge < -0.3 is 5.32 Å². The van der Waals surface area contributed by atoms with Crippen LogP contribution < -0.4 is 10.9 Å². The van der Waals surface area contributed by atoms with Crippen molar-refractivity contribution in [1.82, 2.24) is 9.78 Å². The molecule has 94 valence electrons. The number of hydrogen-bond donors (Lipinski definition) is 1. The van der Waals surface area contributed by atoms with Gasteiger partial charge in [0.25, 0.3) is 5.56 Å². The topological polar surface area (TPSA) is 46.9 Å². The van der Waals surface area contributed by atoms with E-state index < -0.39 is 0 Å². The molecule has 1 N–H and O–H groups in total. The Hall–Kier alpha value is -1.62. The van der Waals surface area contributed by atoms with Crippen molar-refractivity contribution in [3.8, 4) is 0 Å². The third-order valence-corrected chi connectivity index (χ3v) is 3.58. The van der Waals surface area contributed by atoms with Crippen molar-refractivity contribution in [2.75, 3.05) is 5.32 Å². The highest BCUT2D eigenvalue weighted by Gasteiger charge is 2.06. The van der Waals surface area contributed by atoms with Gasteiger partial charge in [-0.1, -0.05) is 24.3 Å². The lowest BCUT2D eigenvalue weighted by atomic mass is 10.1. The van der Waals surface area contributed by atoms with Crippen molar-refractivity contribution >= 4 is 21.6 Å². The first kappa shape index (κ1) is 12.8.